The first kappa shape index (κ1) is 12.9. The van der Waals surface area contributed by atoms with E-state index in [1.165, 1.54) is 0 Å². The normalized spacial score (nSPS) is 12.2. The maximum atomic E-state index is 9.71. The molecule has 1 N–H and O–H groups in total. The van der Waals surface area contributed by atoms with Crippen LogP contribution in [0.3, 0.4) is 0 Å². The van der Waals surface area contributed by atoms with Crippen LogP contribution in [-0.4, -0.2) is 12.2 Å². The molecule has 0 fully saturated rings. The van der Waals surface area contributed by atoms with Crippen LogP contribution in [0.4, 0.5) is 0 Å². The summed E-state index contributed by atoms with van der Waals surface area (Å²) in [5, 5.41) is 11.7. The fraction of sp³-hybridized carbons (Fsp3) is 0.286. The summed E-state index contributed by atoms with van der Waals surface area (Å²) in [6, 6.07) is 9.46. The van der Waals surface area contributed by atoms with Crippen LogP contribution < -0.4 is 9.47 Å². The number of hydrogen-bond donors (Lipinski definition) is 1. The van der Waals surface area contributed by atoms with E-state index in [9.17, 15) is 5.11 Å². The largest absolute Gasteiger partial charge is 0.497 e. The molecule has 0 saturated carbocycles. The molecule has 0 unspecified atom stereocenters. The van der Waals surface area contributed by atoms with E-state index in [-0.39, 0.29) is 0 Å². The monoisotopic (exact) mass is 264 g/mol. The van der Waals surface area contributed by atoms with E-state index in [1.807, 2.05) is 29.6 Å². The first-order chi connectivity index (χ1) is 8.70. The molecular weight excluding hydrogens is 248 g/mol. The Morgan fingerprint density at radius 3 is 2.78 bits per heavy atom. The molecule has 0 aliphatic carbocycles. The number of hydrogen-bond acceptors (Lipinski definition) is 4. The lowest BCUT2D eigenvalue weighted by atomic mass is 10.1. The molecule has 96 valence electrons. The molecule has 3 nitrogen and oxygen atoms in total. The summed E-state index contributed by atoms with van der Waals surface area (Å²) in [6.45, 7) is 2.23. The molecule has 1 atom stereocenters. The number of benzene rings is 1. The van der Waals surface area contributed by atoms with Crippen molar-refractivity contribution >= 4 is 11.3 Å². The van der Waals surface area contributed by atoms with Crippen molar-refractivity contribution in [2.24, 2.45) is 0 Å². The van der Waals surface area contributed by atoms with Gasteiger partial charge in [-0.05, 0) is 30.5 Å². The summed E-state index contributed by atoms with van der Waals surface area (Å²) in [5.74, 6) is 1.39. The minimum atomic E-state index is -0.561. The van der Waals surface area contributed by atoms with Crippen LogP contribution in [0.5, 0.6) is 11.5 Å². The SMILES string of the molecule is COc1ccc([C@H](C)O)c(OCc2cccs2)c1. The topological polar surface area (TPSA) is 38.7 Å². The van der Waals surface area contributed by atoms with Crippen LogP contribution in [0.1, 0.15) is 23.5 Å². The van der Waals surface area contributed by atoms with Crippen molar-refractivity contribution in [3.8, 4) is 11.5 Å². The summed E-state index contributed by atoms with van der Waals surface area (Å²) in [5.41, 5.74) is 0.771. The molecule has 1 aromatic carbocycles. The maximum Gasteiger partial charge on any atom is 0.129 e. The fourth-order valence-corrected chi connectivity index (χ4v) is 2.27. The highest BCUT2D eigenvalue weighted by Crippen LogP contribution is 2.30. The number of methoxy groups -OCH3 is 1. The fourth-order valence-electron chi connectivity index (χ4n) is 1.66. The first-order valence-corrected chi connectivity index (χ1v) is 6.60. The second-order valence-corrected chi connectivity index (χ2v) is 4.98. The van der Waals surface area contributed by atoms with Gasteiger partial charge in [-0.2, -0.15) is 0 Å². The predicted octanol–water partition coefficient (Wildman–Crippen LogP) is 3.39. The molecular formula is C14H16O3S. The zero-order chi connectivity index (χ0) is 13.0. The highest BCUT2D eigenvalue weighted by atomic mass is 32.1. The van der Waals surface area contributed by atoms with E-state index in [2.05, 4.69) is 0 Å². The lowest BCUT2D eigenvalue weighted by Gasteiger charge is -2.14. The van der Waals surface area contributed by atoms with Crippen LogP contribution in [-0.2, 0) is 6.61 Å². The lowest BCUT2D eigenvalue weighted by Crippen LogP contribution is -2.00. The van der Waals surface area contributed by atoms with Crippen molar-refractivity contribution in [1.29, 1.82) is 0 Å². The molecule has 1 heterocycles. The highest BCUT2D eigenvalue weighted by Gasteiger charge is 2.11. The minimum Gasteiger partial charge on any atom is -0.497 e. The summed E-state index contributed by atoms with van der Waals surface area (Å²) in [6.07, 6.45) is -0.561. The summed E-state index contributed by atoms with van der Waals surface area (Å²) < 4.78 is 10.9. The number of rotatable bonds is 5. The van der Waals surface area contributed by atoms with Gasteiger partial charge in [0.2, 0.25) is 0 Å². The van der Waals surface area contributed by atoms with Crippen molar-refractivity contribution in [1.82, 2.24) is 0 Å². The molecule has 0 amide bonds. The smallest absolute Gasteiger partial charge is 0.129 e. The molecule has 0 aliphatic rings. The molecule has 0 radical (unpaired) electrons. The van der Waals surface area contributed by atoms with Gasteiger partial charge in [0.1, 0.15) is 18.1 Å². The summed E-state index contributed by atoms with van der Waals surface area (Å²) >= 11 is 1.65. The first-order valence-electron chi connectivity index (χ1n) is 5.72. The Balaban J connectivity index is 2.18. The van der Waals surface area contributed by atoms with E-state index < -0.39 is 6.10 Å². The Morgan fingerprint density at radius 1 is 1.33 bits per heavy atom. The van der Waals surface area contributed by atoms with Gasteiger partial charge in [0.15, 0.2) is 0 Å². The average Bonchev–Trinajstić information content (AvgIpc) is 2.88. The van der Waals surface area contributed by atoms with Crippen LogP contribution >= 0.6 is 11.3 Å². The lowest BCUT2D eigenvalue weighted by molar-refractivity contribution is 0.190. The average molecular weight is 264 g/mol. The van der Waals surface area contributed by atoms with Gasteiger partial charge in [-0.25, -0.2) is 0 Å². The Labute approximate surface area is 111 Å². The van der Waals surface area contributed by atoms with E-state index in [1.54, 1.807) is 31.4 Å². The van der Waals surface area contributed by atoms with Crippen LogP contribution in [0.2, 0.25) is 0 Å². The Morgan fingerprint density at radius 2 is 2.17 bits per heavy atom. The highest BCUT2D eigenvalue weighted by molar-refractivity contribution is 7.09. The predicted molar refractivity (Wildman–Crippen MR) is 72.3 cm³/mol. The number of ether oxygens (including phenoxy) is 2. The summed E-state index contributed by atoms with van der Waals surface area (Å²) in [7, 11) is 1.61. The van der Waals surface area contributed by atoms with Gasteiger partial charge < -0.3 is 14.6 Å². The van der Waals surface area contributed by atoms with Gasteiger partial charge in [-0.15, -0.1) is 11.3 Å². The van der Waals surface area contributed by atoms with Crippen molar-refractivity contribution in [2.45, 2.75) is 19.6 Å². The molecule has 0 aliphatic heterocycles. The molecule has 0 bridgehead atoms. The third kappa shape index (κ3) is 3.03. The molecule has 0 spiro atoms. The Bertz CT molecular complexity index is 492. The van der Waals surface area contributed by atoms with Crippen LogP contribution in [0.25, 0.3) is 0 Å². The molecule has 0 saturated heterocycles. The molecule has 4 heteroatoms. The van der Waals surface area contributed by atoms with Gasteiger partial charge in [0.05, 0.1) is 13.2 Å². The quantitative estimate of drug-likeness (QED) is 0.899. The summed E-state index contributed by atoms with van der Waals surface area (Å²) in [4.78, 5) is 1.15. The molecule has 2 aromatic rings. The third-order valence-electron chi connectivity index (χ3n) is 2.62. The van der Waals surface area contributed by atoms with Crippen molar-refractivity contribution in [2.75, 3.05) is 7.11 Å². The van der Waals surface area contributed by atoms with Crippen molar-refractivity contribution < 1.29 is 14.6 Å². The second-order valence-electron chi connectivity index (χ2n) is 3.95. The van der Waals surface area contributed by atoms with E-state index >= 15 is 0 Å². The van der Waals surface area contributed by atoms with E-state index in [0.29, 0.717) is 12.4 Å². The minimum absolute atomic E-state index is 0.505. The van der Waals surface area contributed by atoms with E-state index in [0.717, 1.165) is 16.2 Å². The standard InChI is InChI=1S/C14H16O3S/c1-10(15)13-6-5-11(16-2)8-14(13)17-9-12-4-3-7-18-12/h3-8,10,15H,9H2,1-2H3/t10-/m0/s1. The number of aliphatic hydroxyl groups is 1. The van der Waals surface area contributed by atoms with E-state index in [4.69, 9.17) is 9.47 Å². The van der Waals surface area contributed by atoms with Gasteiger partial charge in [0.25, 0.3) is 0 Å². The Hall–Kier alpha value is -1.52. The van der Waals surface area contributed by atoms with Crippen LogP contribution in [0, 0.1) is 0 Å². The molecule has 1 aromatic heterocycles. The zero-order valence-electron chi connectivity index (χ0n) is 10.4. The van der Waals surface area contributed by atoms with Crippen molar-refractivity contribution in [3.05, 3.63) is 46.2 Å². The number of aliphatic hydroxyl groups excluding tert-OH is 1. The van der Waals surface area contributed by atoms with Gasteiger partial charge in [-0.3, -0.25) is 0 Å². The van der Waals surface area contributed by atoms with Crippen LogP contribution in [0.15, 0.2) is 35.7 Å². The van der Waals surface area contributed by atoms with Crippen molar-refractivity contribution in [3.63, 3.8) is 0 Å². The van der Waals surface area contributed by atoms with Gasteiger partial charge >= 0.3 is 0 Å². The maximum absolute atomic E-state index is 9.71. The molecule has 2 rings (SSSR count). The van der Waals surface area contributed by atoms with Gasteiger partial charge in [0, 0.05) is 16.5 Å². The van der Waals surface area contributed by atoms with Gasteiger partial charge in [-0.1, -0.05) is 6.07 Å². The second kappa shape index (κ2) is 5.89. The molecule has 18 heavy (non-hydrogen) atoms. The Kier molecular flexibility index (Phi) is 4.23. The zero-order valence-corrected chi connectivity index (χ0v) is 11.2. The third-order valence-corrected chi connectivity index (χ3v) is 3.47. The number of thiophene rings is 1.